The summed E-state index contributed by atoms with van der Waals surface area (Å²) in [4.78, 5) is 0. The molecule has 2 heterocycles. The molecule has 0 saturated carbocycles. The summed E-state index contributed by atoms with van der Waals surface area (Å²) in [7, 11) is -41.4. The molecule has 0 radical (unpaired) electrons. The summed E-state index contributed by atoms with van der Waals surface area (Å²) in [5.74, 6) is 0. The Balaban J connectivity index is 2.21. The van der Waals surface area contributed by atoms with Crippen molar-refractivity contribution in [2.24, 2.45) is 0 Å². The Bertz CT molecular complexity index is 2490. The van der Waals surface area contributed by atoms with Gasteiger partial charge in [0.05, 0.1) is 19.8 Å². The van der Waals surface area contributed by atoms with Crippen LogP contribution < -0.4 is 0 Å². The average Bonchev–Trinajstić information content (AvgIpc) is 3.26. The summed E-state index contributed by atoms with van der Waals surface area (Å²) in [6.45, 7) is -1.59. The Labute approximate surface area is 450 Å². The van der Waals surface area contributed by atoms with Crippen LogP contribution in [0.1, 0.15) is 142 Å². The van der Waals surface area contributed by atoms with E-state index < -0.39 is 154 Å². The maximum absolute atomic E-state index is 12.3. The predicted molar refractivity (Wildman–Crippen MR) is 259 cm³/mol. The largest absolute Gasteiger partial charge is 0.397 e. The Hall–Kier alpha value is -1.11. The van der Waals surface area contributed by atoms with Crippen LogP contribution >= 0.6 is 0 Å². The molecule has 0 aromatic carbocycles. The van der Waals surface area contributed by atoms with E-state index in [1.807, 2.05) is 0 Å². The van der Waals surface area contributed by atoms with Gasteiger partial charge in [-0.15, -0.1) is 0 Å². The molecule has 33 nitrogen and oxygen atoms in total. The summed E-state index contributed by atoms with van der Waals surface area (Å²) in [6.07, 6.45) is -5.43. The first kappa shape index (κ1) is 72.0. The van der Waals surface area contributed by atoms with Crippen molar-refractivity contribution in [1.29, 1.82) is 0 Å². The van der Waals surface area contributed by atoms with Gasteiger partial charge in [0, 0.05) is 13.2 Å². The topological polar surface area (TPSA) is 491 Å². The van der Waals surface area contributed by atoms with E-state index in [2.05, 4.69) is 36.2 Å². The molecule has 2 rings (SSSR count). The highest BCUT2D eigenvalue weighted by Crippen LogP contribution is 2.37. The number of hydrogen-bond donors (Lipinski definition) is 7. The molecule has 0 amide bonds. The van der Waals surface area contributed by atoms with E-state index in [4.69, 9.17) is 23.7 Å². The molecule has 10 atom stereocenters. The molecule has 460 valence electrons. The van der Waals surface area contributed by atoms with Gasteiger partial charge in [0.25, 0.3) is 0 Å². The highest BCUT2D eigenvalue weighted by atomic mass is 32.3. The molecule has 2 aliphatic rings. The second kappa shape index (κ2) is 34.5. The van der Waals surface area contributed by atoms with Crippen LogP contribution in [0.3, 0.4) is 0 Å². The van der Waals surface area contributed by atoms with Gasteiger partial charge in [-0.3, -0.25) is 31.9 Å². The number of rotatable bonds is 44. The maximum atomic E-state index is 12.3. The Morgan fingerprint density at radius 2 is 0.623 bits per heavy atom. The van der Waals surface area contributed by atoms with E-state index in [1.54, 1.807) is 0 Å². The quantitative estimate of drug-likeness (QED) is 0.0340. The molecule has 0 unspecified atom stereocenters. The first-order valence-corrected chi connectivity index (χ1v) is 33.8. The van der Waals surface area contributed by atoms with Gasteiger partial charge in [0.15, 0.2) is 24.8 Å². The number of hydrogen-bond acceptors (Lipinski definition) is 26. The highest BCUT2D eigenvalue weighted by Gasteiger charge is 2.59. The SMILES string of the molecule is CCCCCCCCCCCCCCCCCCCCCCOCCCO[C@@H]1O[C@H](COS(=O)(=O)O)[C@@H](O[C@@H]2O[C@H](COS(=O)(=O)O)[C@H](OS(=O)(=O)O)[C@H](OS(=O)(=O)O)[C@H]2OS(=O)(=O)O)[C@H](OS(=O)(=O)O)[C@H]1OS(=O)(=O)O. The zero-order valence-electron chi connectivity index (χ0n) is 41.8. The van der Waals surface area contributed by atoms with Crippen LogP contribution in [0, 0.1) is 0 Å². The van der Waals surface area contributed by atoms with Crippen molar-refractivity contribution in [3.8, 4) is 0 Å². The van der Waals surface area contributed by atoms with Gasteiger partial charge in [0.1, 0.15) is 36.6 Å². The third-order valence-corrected chi connectivity index (χ3v) is 14.5. The zero-order chi connectivity index (χ0) is 58.1. The zero-order valence-corrected chi connectivity index (χ0v) is 47.5. The van der Waals surface area contributed by atoms with Gasteiger partial charge in [-0.2, -0.15) is 58.9 Å². The molecule has 0 bridgehead atoms. The normalized spacial score (nSPS) is 25.3. The standard InChI is InChI=1S/C37H72O33S7/c1-2-3-4-5-6-7-8-9-10-11-12-13-14-15-16-17-18-19-20-21-23-59-24-22-25-60-36-34(69-76(53,54)55)32(67-74(47,48)49)30(28(63-36)26-61-71(38,39)40)65-37-35(70-77(56,57)58)33(68-75(50,51)52)31(66-73(44,45)46)29(64-37)27-62-72(41,42)43/h28-37H,2-27H2,1H3,(H,38,39,40)(H,41,42,43)(H,44,45,46)(H,47,48,49)(H,50,51,52)(H,53,54,55)(H,56,57,58)/t28-,29-,30-,31+,32+,33+,34-,35-,36-,37+/m1/s1. The molecule has 7 N–H and O–H groups in total. The van der Waals surface area contributed by atoms with Crippen molar-refractivity contribution < 1.29 is 144 Å². The van der Waals surface area contributed by atoms with Crippen molar-refractivity contribution in [3.05, 3.63) is 0 Å². The second-order valence-electron chi connectivity index (χ2n) is 17.6. The lowest BCUT2D eigenvalue weighted by Crippen LogP contribution is -2.67. The van der Waals surface area contributed by atoms with Crippen LogP contribution in [0.5, 0.6) is 0 Å². The van der Waals surface area contributed by atoms with Crippen molar-refractivity contribution in [3.63, 3.8) is 0 Å². The van der Waals surface area contributed by atoms with Crippen LogP contribution in [-0.4, -0.2) is 185 Å². The molecule has 0 spiro atoms. The van der Waals surface area contributed by atoms with Crippen molar-refractivity contribution >= 4 is 72.8 Å². The van der Waals surface area contributed by atoms with E-state index in [0.717, 1.165) is 32.1 Å². The lowest BCUT2D eigenvalue weighted by Gasteiger charge is -2.48. The van der Waals surface area contributed by atoms with E-state index in [0.29, 0.717) is 13.0 Å². The molecular weight excluding hydrogens is 1200 g/mol. The molecule has 40 heteroatoms. The Morgan fingerprint density at radius 1 is 0.325 bits per heavy atom. The third kappa shape index (κ3) is 34.8. The summed E-state index contributed by atoms with van der Waals surface area (Å²) < 4.78 is 291. The van der Waals surface area contributed by atoms with Gasteiger partial charge in [-0.05, 0) is 12.8 Å². The van der Waals surface area contributed by atoms with Gasteiger partial charge in [-0.25, -0.2) is 29.3 Å². The molecule has 2 fully saturated rings. The smallest absolute Gasteiger partial charge is 0.381 e. The van der Waals surface area contributed by atoms with Gasteiger partial charge in [-0.1, -0.05) is 129 Å². The molecular formula is C37H72O33S7. The van der Waals surface area contributed by atoms with E-state index in [-0.39, 0.29) is 13.0 Å². The molecule has 0 aliphatic carbocycles. The van der Waals surface area contributed by atoms with Crippen molar-refractivity contribution in [2.75, 3.05) is 33.0 Å². The molecule has 77 heavy (non-hydrogen) atoms. The summed E-state index contributed by atoms with van der Waals surface area (Å²) in [5, 5.41) is 0. The summed E-state index contributed by atoms with van der Waals surface area (Å²) in [5.41, 5.74) is 0. The van der Waals surface area contributed by atoms with Crippen molar-refractivity contribution in [1.82, 2.24) is 0 Å². The van der Waals surface area contributed by atoms with Crippen LogP contribution in [0.15, 0.2) is 0 Å². The molecule has 2 aliphatic heterocycles. The Kier molecular flexibility index (Phi) is 32.2. The monoisotopic (exact) mass is 1270 g/mol. The fourth-order valence-corrected chi connectivity index (χ4v) is 11.1. The van der Waals surface area contributed by atoms with Crippen LogP contribution in [0.2, 0.25) is 0 Å². The van der Waals surface area contributed by atoms with Gasteiger partial charge < -0.3 is 23.7 Å². The Morgan fingerprint density at radius 3 is 1.00 bits per heavy atom. The minimum Gasteiger partial charge on any atom is -0.381 e. The average molecular weight is 1270 g/mol. The van der Waals surface area contributed by atoms with Gasteiger partial charge in [0.2, 0.25) is 0 Å². The maximum Gasteiger partial charge on any atom is 0.397 e. The summed E-state index contributed by atoms with van der Waals surface area (Å²) >= 11 is 0. The fourth-order valence-electron chi connectivity index (χ4n) is 8.06. The minimum absolute atomic E-state index is 0.0482. The first-order valence-electron chi connectivity index (χ1n) is 24.2. The highest BCUT2D eigenvalue weighted by molar-refractivity contribution is 7.82. The second-order valence-corrected chi connectivity index (χ2v) is 25.0. The van der Waals surface area contributed by atoms with Crippen LogP contribution in [-0.2, 0) is 126 Å². The summed E-state index contributed by atoms with van der Waals surface area (Å²) in [6, 6.07) is 0. The van der Waals surface area contributed by atoms with Crippen molar-refractivity contribution in [2.45, 2.75) is 203 Å². The number of unbranched alkanes of at least 4 members (excludes halogenated alkanes) is 19. The molecule has 0 aromatic rings. The lowest BCUT2D eigenvalue weighted by molar-refractivity contribution is -0.348. The number of ether oxygens (including phenoxy) is 5. The first-order chi connectivity index (χ1) is 35.6. The molecule has 2 saturated heterocycles. The van der Waals surface area contributed by atoms with Gasteiger partial charge >= 0.3 is 72.8 Å². The lowest BCUT2D eigenvalue weighted by atomic mass is 9.97. The van der Waals surface area contributed by atoms with E-state index in [9.17, 15) is 90.8 Å². The molecule has 0 aromatic heterocycles. The van der Waals surface area contributed by atoms with Crippen LogP contribution in [0.25, 0.3) is 0 Å². The predicted octanol–water partition coefficient (Wildman–Crippen LogP) is 2.65. The van der Waals surface area contributed by atoms with E-state index >= 15 is 0 Å². The van der Waals surface area contributed by atoms with E-state index in [1.165, 1.54) is 89.9 Å². The third-order valence-electron chi connectivity index (χ3n) is 11.3. The fraction of sp³-hybridized carbons (Fsp3) is 1.00. The van der Waals surface area contributed by atoms with Crippen LogP contribution in [0.4, 0.5) is 0 Å². The minimum atomic E-state index is -6.12.